The van der Waals surface area contributed by atoms with E-state index >= 15 is 0 Å². The molecule has 4 heteroatoms. The van der Waals surface area contributed by atoms with Crippen LogP contribution in [0, 0.1) is 13.8 Å². The van der Waals surface area contributed by atoms with Gasteiger partial charge in [0.2, 0.25) is 0 Å². The minimum atomic E-state index is -0.322. The molecule has 2 bridgehead atoms. The summed E-state index contributed by atoms with van der Waals surface area (Å²) in [5.41, 5.74) is 3.50. The van der Waals surface area contributed by atoms with Gasteiger partial charge in [-0.05, 0) is 56.6 Å². The van der Waals surface area contributed by atoms with Gasteiger partial charge >= 0.3 is 0 Å². The van der Waals surface area contributed by atoms with Gasteiger partial charge in [0.25, 0.3) is 0 Å². The second kappa shape index (κ2) is 4.62. The van der Waals surface area contributed by atoms with E-state index in [1.54, 1.807) is 0 Å². The maximum Gasteiger partial charge on any atom is 0.184 e. The van der Waals surface area contributed by atoms with Gasteiger partial charge in [-0.25, -0.2) is 0 Å². The summed E-state index contributed by atoms with van der Waals surface area (Å²) >= 11 is 5.54. The topological polar surface area (TPSA) is 24.5 Å². The van der Waals surface area contributed by atoms with Gasteiger partial charge in [0, 0.05) is 18.5 Å². The maximum absolute atomic E-state index is 6.36. The summed E-state index contributed by atoms with van der Waals surface area (Å²) in [4.78, 5) is 2.19. The van der Waals surface area contributed by atoms with Gasteiger partial charge in [-0.15, -0.1) is 0 Å². The lowest BCUT2D eigenvalue weighted by molar-refractivity contribution is -0.0680. The van der Waals surface area contributed by atoms with E-state index in [0.717, 1.165) is 30.2 Å². The predicted molar refractivity (Wildman–Crippen MR) is 85.0 cm³/mol. The summed E-state index contributed by atoms with van der Waals surface area (Å²) in [5, 5.41) is 4.30. The summed E-state index contributed by atoms with van der Waals surface area (Å²) in [6, 6.07) is 4.67. The Labute approximate surface area is 126 Å². The molecule has 2 aliphatic rings. The van der Waals surface area contributed by atoms with E-state index in [1.165, 1.54) is 16.7 Å². The molecule has 1 fully saturated rings. The highest BCUT2D eigenvalue weighted by Crippen LogP contribution is 2.44. The number of hydrogen-bond acceptors (Lipinski definition) is 2. The normalized spacial score (nSPS) is 27.7. The van der Waals surface area contributed by atoms with Crippen molar-refractivity contribution in [3.8, 4) is 5.75 Å². The summed E-state index contributed by atoms with van der Waals surface area (Å²) in [5.74, 6) is 1.00. The number of hydrogen-bond donors (Lipinski definition) is 1. The molecule has 0 aromatic heterocycles. The highest BCUT2D eigenvalue weighted by molar-refractivity contribution is 7.80. The molecule has 1 N–H and O–H groups in total. The SMILES string of the molecule is CCCN1C(=S)NC2CC1(C)Oc1cc(C)c(C)cc12. The number of ether oxygens (including phenoxy) is 1. The number of nitrogens with zero attached hydrogens (tertiary/aromatic N) is 1. The highest BCUT2D eigenvalue weighted by atomic mass is 32.1. The third kappa shape index (κ3) is 1.97. The third-order valence-electron chi connectivity index (χ3n) is 4.48. The fraction of sp³-hybridized carbons (Fsp3) is 0.562. The van der Waals surface area contributed by atoms with Crippen molar-refractivity contribution in [3.63, 3.8) is 0 Å². The molecule has 2 atom stereocenters. The molecule has 0 radical (unpaired) electrons. The Morgan fingerprint density at radius 2 is 2.10 bits per heavy atom. The summed E-state index contributed by atoms with van der Waals surface area (Å²) in [7, 11) is 0. The Hall–Kier alpha value is -1.29. The van der Waals surface area contributed by atoms with Gasteiger partial charge in [-0.2, -0.15) is 0 Å². The number of fused-ring (bicyclic) bond motifs is 4. The molecular weight excluding hydrogens is 268 g/mol. The molecule has 1 saturated heterocycles. The first-order valence-electron chi connectivity index (χ1n) is 7.33. The van der Waals surface area contributed by atoms with E-state index in [2.05, 4.69) is 50.0 Å². The van der Waals surface area contributed by atoms with Crippen LogP contribution in [0.1, 0.15) is 49.4 Å². The molecule has 2 unspecified atom stereocenters. The number of benzene rings is 1. The van der Waals surface area contributed by atoms with Crippen LogP contribution in [-0.4, -0.2) is 22.3 Å². The number of nitrogens with one attached hydrogen (secondary N) is 1. The van der Waals surface area contributed by atoms with E-state index in [4.69, 9.17) is 17.0 Å². The van der Waals surface area contributed by atoms with Crippen LogP contribution in [0.5, 0.6) is 5.75 Å². The quantitative estimate of drug-likeness (QED) is 0.843. The molecule has 108 valence electrons. The van der Waals surface area contributed by atoms with Crippen LogP contribution in [0.15, 0.2) is 12.1 Å². The van der Waals surface area contributed by atoms with Gasteiger partial charge in [-0.3, -0.25) is 0 Å². The molecule has 2 heterocycles. The van der Waals surface area contributed by atoms with Crippen LogP contribution < -0.4 is 10.1 Å². The van der Waals surface area contributed by atoms with E-state index in [-0.39, 0.29) is 11.8 Å². The monoisotopic (exact) mass is 290 g/mol. The first-order chi connectivity index (χ1) is 9.44. The number of aryl methyl sites for hydroxylation is 2. The first-order valence-corrected chi connectivity index (χ1v) is 7.74. The summed E-state index contributed by atoms with van der Waals surface area (Å²) in [6.45, 7) is 9.53. The van der Waals surface area contributed by atoms with E-state index < -0.39 is 0 Å². The minimum absolute atomic E-state index is 0.267. The smallest absolute Gasteiger partial charge is 0.184 e. The number of rotatable bonds is 2. The zero-order valence-electron chi connectivity index (χ0n) is 12.6. The molecule has 0 amide bonds. The standard InChI is InChI=1S/C16H22N2OS/c1-5-6-18-15(20)17-13-9-16(18,4)19-14-8-11(3)10(2)7-12(13)14/h7-8,13H,5-6,9H2,1-4H3,(H,17,20). The average Bonchev–Trinajstić information content (AvgIpc) is 2.37. The Morgan fingerprint density at radius 1 is 1.40 bits per heavy atom. The Bertz CT molecular complexity index is 572. The maximum atomic E-state index is 6.36. The van der Waals surface area contributed by atoms with Crippen LogP contribution in [0.25, 0.3) is 0 Å². The van der Waals surface area contributed by atoms with Crippen LogP contribution in [0.4, 0.5) is 0 Å². The zero-order valence-corrected chi connectivity index (χ0v) is 13.4. The molecule has 20 heavy (non-hydrogen) atoms. The van der Waals surface area contributed by atoms with Gasteiger partial charge in [-0.1, -0.05) is 13.0 Å². The van der Waals surface area contributed by atoms with Crippen molar-refractivity contribution in [1.29, 1.82) is 0 Å². The minimum Gasteiger partial charge on any atom is -0.468 e. The molecular formula is C16H22N2OS. The lowest BCUT2D eigenvalue weighted by Gasteiger charge is -2.52. The van der Waals surface area contributed by atoms with Gasteiger partial charge < -0.3 is 15.0 Å². The molecule has 3 rings (SSSR count). The van der Waals surface area contributed by atoms with Crippen molar-refractivity contribution in [2.24, 2.45) is 0 Å². The second-order valence-corrected chi connectivity index (χ2v) is 6.50. The Morgan fingerprint density at radius 3 is 2.80 bits per heavy atom. The van der Waals surface area contributed by atoms with Crippen molar-refractivity contribution in [2.75, 3.05) is 6.54 Å². The fourth-order valence-electron chi connectivity index (χ4n) is 3.24. The zero-order chi connectivity index (χ0) is 14.5. The van der Waals surface area contributed by atoms with Crippen molar-refractivity contribution in [3.05, 3.63) is 28.8 Å². The predicted octanol–water partition coefficient (Wildman–Crippen LogP) is 3.44. The largest absolute Gasteiger partial charge is 0.468 e. The molecule has 2 aliphatic heterocycles. The van der Waals surface area contributed by atoms with E-state index in [0.29, 0.717) is 0 Å². The lowest BCUT2D eigenvalue weighted by Crippen LogP contribution is -2.64. The molecule has 0 spiro atoms. The van der Waals surface area contributed by atoms with Crippen LogP contribution in [0.2, 0.25) is 0 Å². The third-order valence-corrected chi connectivity index (χ3v) is 4.81. The molecule has 1 aromatic rings. The van der Waals surface area contributed by atoms with Gasteiger partial charge in [0.1, 0.15) is 5.75 Å². The number of thiocarbonyl (C=S) groups is 1. The first kappa shape index (κ1) is 13.7. The van der Waals surface area contributed by atoms with Crippen LogP contribution in [0.3, 0.4) is 0 Å². The van der Waals surface area contributed by atoms with E-state index in [1.807, 2.05) is 0 Å². The van der Waals surface area contributed by atoms with Gasteiger partial charge in [0.15, 0.2) is 10.8 Å². The second-order valence-electron chi connectivity index (χ2n) is 6.11. The van der Waals surface area contributed by atoms with Crippen molar-refractivity contribution >= 4 is 17.3 Å². The van der Waals surface area contributed by atoms with Crippen molar-refractivity contribution < 1.29 is 4.74 Å². The highest BCUT2D eigenvalue weighted by Gasteiger charge is 2.47. The summed E-state index contributed by atoms with van der Waals surface area (Å²) < 4.78 is 6.36. The fourth-order valence-corrected chi connectivity index (χ4v) is 3.66. The Balaban J connectivity index is 2.05. The van der Waals surface area contributed by atoms with Crippen molar-refractivity contribution in [1.82, 2.24) is 10.2 Å². The lowest BCUT2D eigenvalue weighted by atomic mass is 9.88. The van der Waals surface area contributed by atoms with Gasteiger partial charge in [0.05, 0.1) is 6.04 Å². The summed E-state index contributed by atoms with van der Waals surface area (Å²) in [6.07, 6.45) is 1.99. The molecule has 3 nitrogen and oxygen atoms in total. The van der Waals surface area contributed by atoms with Crippen LogP contribution in [-0.2, 0) is 0 Å². The average molecular weight is 290 g/mol. The van der Waals surface area contributed by atoms with E-state index in [9.17, 15) is 0 Å². The molecule has 0 aliphatic carbocycles. The Kier molecular flexibility index (Phi) is 3.16. The molecule has 1 aromatic carbocycles. The van der Waals surface area contributed by atoms with Crippen molar-refractivity contribution in [2.45, 2.75) is 52.3 Å². The van der Waals surface area contributed by atoms with Crippen LogP contribution >= 0.6 is 12.2 Å². The molecule has 0 saturated carbocycles.